The van der Waals surface area contributed by atoms with E-state index in [-0.39, 0.29) is 11.5 Å². The number of nitrogens with one attached hydrogen (secondary N) is 1. The maximum Gasteiger partial charge on any atom is 0.161 e. The molecule has 3 N–H and O–H groups in total. The van der Waals surface area contributed by atoms with E-state index in [1.807, 2.05) is 6.07 Å². The summed E-state index contributed by atoms with van der Waals surface area (Å²) in [6, 6.07) is 5.09. The van der Waals surface area contributed by atoms with Gasteiger partial charge in [-0.25, -0.2) is 0 Å². The summed E-state index contributed by atoms with van der Waals surface area (Å²) >= 11 is 0. The summed E-state index contributed by atoms with van der Waals surface area (Å²) in [5.74, 6) is -0.0423. The van der Waals surface area contributed by atoms with Crippen molar-refractivity contribution in [3.8, 4) is 11.5 Å². The van der Waals surface area contributed by atoms with E-state index in [9.17, 15) is 10.2 Å². The van der Waals surface area contributed by atoms with Gasteiger partial charge in [-0.1, -0.05) is 25.5 Å². The fourth-order valence-electron chi connectivity index (χ4n) is 2.41. The van der Waals surface area contributed by atoms with Crippen molar-refractivity contribution in [1.82, 2.24) is 5.32 Å². The summed E-state index contributed by atoms with van der Waals surface area (Å²) in [5, 5.41) is 22.4. The Labute approximate surface area is 102 Å². The van der Waals surface area contributed by atoms with Gasteiger partial charge in [0, 0.05) is 18.7 Å². The van der Waals surface area contributed by atoms with Crippen LogP contribution in [-0.2, 0) is 6.54 Å². The van der Waals surface area contributed by atoms with Gasteiger partial charge in [0.05, 0.1) is 0 Å². The van der Waals surface area contributed by atoms with E-state index in [2.05, 4.69) is 12.2 Å². The number of hydrogen-bond donors (Lipinski definition) is 3. The van der Waals surface area contributed by atoms with E-state index in [0.717, 1.165) is 12.1 Å². The van der Waals surface area contributed by atoms with E-state index >= 15 is 0 Å². The molecule has 0 atom stereocenters. The lowest BCUT2D eigenvalue weighted by Gasteiger charge is -2.15. The van der Waals surface area contributed by atoms with Gasteiger partial charge < -0.3 is 15.5 Å². The summed E-state index contributed by atoms with van der Waals surface area (Å²) in [7, 11) is 0. The van der Waals surface area contributed by atoms with Crippen molar-refractivity contribution < 1.29 is 10.2 Å². The highest BCUT2D eigenvalue weighted by Crippen LogP contribution is 2.49. The van der Waals surface area contributed by atoms with Gasteiger partial charge in [0.1, 0.15) is 0 Å². The lowest BCUT2D eigenvalue weighted by Crippen LogP contribution is -2.23. The highest BCUT2D eigenvalue weighted by atomic mass is 16.3. The third-order valence-corrected chi connectivity index (χ3v) is 3.65. The molecule has 1 aliphatic rings. The first kappa shape index (κ1) is 12.2. The highest BCUT2D eigenvalue weighted by Gasteiger charge is 2.40. The quantitative estimate of drug-likeness (QED) is 0.664. The van der Waals surface area contributed by atoms with Crippen LogP contribution in [0.15, 0.2) is 18.2 Å². The van der Waals surface area contributed by atoms with Crippen LogP contribution >= 0.6 is 0 Å². The lowest BCUT2D eigenvalue weighted by molar-refractivity contribution is 0.391. The maximum absolute atomic E-state index is 9.66. The van der Waals surface area contributed by atoms with Crippen LogP contribution in [0.5, 0.6) is 11.5 Å². The van der Waals surface area contributed by atoms with Crippen molar-refractivity contribution >= 4 is 0 Å². The van der Waals surface area contributed by atoms with Crippen LogP contribution < -0.4 is 5.32 Å². The number of rotatable bonds is 6. The number of aromatic hydroxyl groups is 2. The number of para-hydroxylation sites is 1. The molecule has 1 aromatic rings. The third kappa shape index (κ3) is 2.91. The zero-order valence-corrected chi connectivity index (χ0v) is 10.4. The molecule has 0 aliphatic heterocycles. The van der Waals surface area contributed by atoms with Gasteiger partial charge in [0.2, 0.25) is 0 Å². The molecular weight excluding hydrogens is 214 g/mol. The smallest absolute Gasteiger partial charge is 0.161 e. The molecule has 3 nitrogen and oxygen atoms in total. The second-order valence-electron chi connectivity index (χ2n) is 5.14. The Kier molecular flexibility index (Phi) is 3.57. The van der Waals surface area contributed by atoms with Gasteiger partial charge in [-0.15, -0.1) is 0 Å². The fourth-order valence-corrected chi connectivity index (χ4v) is 2.41. The van der Waals surface area contributed by atoms with Crippen LogP contribution in [0.1, 0.15) is 38.2 Å². The van der Waals surface area contributed by atoms with Crippen molar-refractivity contribution in [3.05, 3.63) is 23.8 Å². The Hall–Kier alpha value is -1.22. The molecular formula is C14H21NO2. The van der Waals surface area contributed by atoms with E-state index in [0.29, 0.717) is 12.0 Å². The van der Waals surface area contributed by atoms with Crippen LogP contribution in [0, 0.1) is 5.41 Å². The predicted molar refractivity (Wildman–Crippen MR) is 68.1 cm³/mol. The molecule has 0 unspecified atom stereocenters. The van der Waals surface area contributed by atoms with Gasteiger partial charge in [0.25, 0.3) is 0 Å². The molecule has 0 heterocycles. The molecule has 1 aliphatic carbocycles. The minimum Gasteiger partial charge on any atom is -0.504 e. The standard InChI is InChI=1S/C14H21NO2/c1-2-6-14(7-8-14)10-15-9-11-4-3-5-12(16)13(11)17/h3-5,15-17H,2,6-10H2,1H3. The SMILES string of the molecule is CCCC1(CNCc2cccc(O)c2O)CC1. The van der Waals surface area contributed by atoms with E-state index in [4.69, 9.17) is 0 Å². The Bertz CT molecular complexity index is 386. The second kappa shape index (κ2) is 4.96. The van der Waals surface area contributed by atoms with Crippen molar-refractivity contribution in [2.45, 2.75) is 39.2 Å². The number of phenols is 2. The Morgan fingerprint density at radius 3 is 2.71 bits per heavy atom. The minimum atomic E-state index is -0.0426. The second-order valence-corrected chi connectivity index (χ2v) is 5.14. The van der Waals surface area contributed by atoms with Crippen LogP contribution in [0.2, 0.25) is 0 Å². The molecule has 3 heteroatoms. The normalized spacial score (nSPS) is 17.0. The molecule has 1 aromatic carbocycles. The van der Waals surface area contributed by atoms with Crippen LogP contribution in [0.25, 0.3) is 0 Å². The molecule has 17 heavy (non-hydrogen) atoms. The van der Waals surface area contributed by atoms with Gasteiger partial charge in [0.15, 0.2) is 11.5 Å². The Morgan fingerprint density at radius 2 is 2.06 bits per heavy atom. The molecule has 2 rings (SSSR count). The van der Waals surface area contributed by atoms with Crippen LogP contribution in [-0.4, -0.2) is 16.8 Å². The lowest BCUT2D eigenvalue weighted by atomic mass is 10.0. The van der Waals surface area contributed by atoms with Gasteiger partial charge in [-0.2, -0.15) is 0 Å². The fraction of sp³-hybridized carbons (Fsp3) is 0.571. The summed E-state index contributed by atoms with van der Waals surface area (Å²) < 4.78 is 0. The highest BCUT2D eigenvalue weighted by molar-refractivity contribution is 5.44. The first-order chi connectivity index (χ1) is 8.17. The summed E-state index contributed by atoms with van der Waals surface area (Å²) in [5.41, 5.74) is 1.28. The molecule has 1 fully saturated rings. The summed E-state index contributed by atoms with van der Waals surface area (Å²) in [4.78, 5) is 0. The monoisotopic (exact) mass is 235 g/mol. The molecule has 0 amide bonds. The van der Waals surface area contributed by atoms with Crippen LogP contribution in [0.3, 0.4) is 0 Å². The molecule has 1 saturated carbocycles. The van der Waals surface area contributed by atoms with Crippen molar-refractivity contribution in [3.63, 3.8) is 0 Å². The van der Waals surface area contributed by atoms with Crippen molar-refractivity contribution in [2.75, 3.05) is 6.54 Å². The largest absolute Gasteiger partial charge is 0.504 e. The number of benzene rings is 1. The Balaban J connectivity index is 1.84. The summed E-state index contributed by atoms with van der Waals surface area (Å²) in [6.07, 6.45) is 5.16. The summed E-state index contributed by atoms with van der Waals surface area (Å²) in [6.45, 7) is 3.85. The first-order valence-corrected chi connectivity index (χ1v) is 6.37. The average Bonchev–Trinajstić information content (AvgIpc) is 3.05. The van der Waals surface area contributed by atoms with Gasteiger partial charge >= 0.3 is 0 Å². The maximum atomic E-state index is 9.66. The van der Waals surface area contributed by atoms with Crippen molar-refractivity contribution in [1.29, 1.82) is 0 Å². The van der Waals surface area contributed by atoms with E-state index in [1.165, 1.54) is 31.7 Å². The molecule has 0 aromatic heterocycles. The molecule has 0 bridgehead atoms. The topological polar surface area (TPSA) is 52.5 Å². The Morgan fingerprint density at radius 1 is 1.29 bits per heavy atom. The van der Waals surface area contributed by atoms with E-state index in [1.54, 1.807) is 6.07 Å². The molecule has 94 valence electrons. The average molecular weight is 235 g/mol. The van der Waals surface area contributed by atoms with Crippen LogP contribution in [0.4, 0.5) is 0 Å². The number of phenolic OH excluding ortho intramolecular Hbond substituents is 2. The van der Waals surface area contributed by atoms with Gasteiger partial charge in [-0.3, -0.25) is 0 Å². The van der Waals surface area contributed by atoms with Crippen molar-refractivity contribution in [2.24, 2.45) is 5.41 Å². The predicted octanol–water partition coefficient (Wildman–Crippen LogP) is 2.77. The zero-order chi connectivity index (χ0) is 12.3. The zero-order valence-electron chi connectivity index (χ0n) is 10.4. The minimum absolute atomic E-state index is 0.000313. The molecule has 0 spiro atoms. The van der Waals surface area contributed by atoms with E-state index < -0.39 is 0 Å². The first-order valence-electron chi connectivity index (χ1n) is 6.37. The van der Waals surface area contributed by atoms with Gasteiger partial charge in [-0.05, 0) is 30.7 Å². The third-order valence-electron chi connectivity index (χ3n) is 3.65. The molecule has 0 saturated heterocycles. The number of hydrogen-bond acceptors (Lipinski definition) is 3. The molecule has 0 radical (unpaired) electrons.